The summed E-state index contributed by atoms with van der Waals surface area (Å²) in [5, 5.41) is 3.43. The highest BCUT2D eigenvalue weighted by molar-refractivity contribution is 6.32. The zero-order valence-electron chi connectivity index (χ0n) is 15.6. The molecule has 0 radical (unpaired) electrons. The molecule has 2 aromatic carbocycles. The number of methoxy groups -OCH3 is 1. The number of oxime groups is 1. The molecule has 0 heterocycles. The topological polar surface area (TPSA) is 66.3 Å². The average molecular weight is 432 g/mol. The molecule has 0 N–H and O–H groups in total. The molecule has 6 nitrogen and oxygen atoms in total. The van der Waals surface area contributed by atoms with Crippen LogP contribution in [0, 0.1) is 0 Å². The maximum Gasteiger partial charge on any atom is 0.416 e. The van der Waals surface area contributed by atoms with Gasteiger partial charge in [-0.25, -0.2) is 4.79 Å². The third-order valence-electron chi connectivity index (χ3n) is 3.61. The van der Waals surface area contributed by atoms with Crippen LogP contribution in [-0.2, 0) is 20.5 Å². The third kappa shape index (κ3) is 6.02. The lowest BCUT2D eigenvalue weighted by Gasteiger charge is -2.16. The Balaban J connectivity index is 2.33. The van der Waals surface area contributed by atoms with E-state index < -0.39 is 23.8 Å². The van der Waals surface area contributed by atoms with E-state index in [9.17, 15) is 18.0 Å². The summed E-state index contributed by atoms with van der Waals surface area (Å²) in [5.41, 5.74) is -0.426. The van der Waals surface area contributed by atoms with Crippen molar-refractivity contribution in [2.45, 2.75) is 19.2 Å². The van der Waals surface area contributed by atoms with Gasteiger partial charge in [-0.05, 0) is 37.3 Å². The van der Waals surface area contributed by atoms with E-state index in [1.165, 1.54) is 39.5 Å². The second-order valence-corrected chi connectivity index (χ2v) is 6.05. The molecular weight excluding hydrogens is 415 g/mol. The Morgan fingerprint density at radius 1 is 1.14 bits per heavy atom. The van der Waals surface area contributed by atoms with Gasteiger partial charge >= 0.3 is 12.1 Å². The van der Waals surface area contributed by atoms with Crippen molar-refractivity contribution >= 4 is 23.8 Å². The number of rotatable bonds is 7. The van der Waals surface area contributed by atoms with Crippen LogP contribution in [0.25, 0.3) is 0 Å². The van der Waals surface area contributed by atoms with Gasteiger partial charge in [0.25, 0.3) is 0 Å². The summed E-state index contributed by atoms with van der Waals surface area (Å²) < 4.78 is 54.1. The number of hydrogen-bond donors (Lipinski definition) is 0. The summed E-state index contributed by atoms with van der Waals surface area (Å²) >= 11 is 5.91. The molecule has 0 aliphatic carbocycles. The Morgan fingerprint density at radius 3 is 2.45 bits per heavy atom. The summed E-state index contributed by atoms with van der Waals surface area (Å²) in [4.78, 5) is 16.3. The number of hydrogen-bond acceptors (Lipinski definition) is 6. The number of nitrogens with zero attached hydrogens (tertiary/aromatic N) is 1. The summed E-state index contributed by atoms with van der Waals surface area (Å²) in [5.74, 6) is -0.154. The van der Waals surface area contributed by atoms with Crippen molar-refractivity contribution in [2.75, 3.05) is 14.2 Å². The zero-order valence-corrected chi connectivity index (χ0v) is 16.4. The number of ether oxygens (including phenoxy) is 3. The Bertz CT molecular complexity index is 902. The maximum atomic E-state index is 12.8. The Hall–Kier alpha value is -2.94. The van der Waals surface area contributed by atoms with Crippen molar-refractivity contribution in [1.82, 2.24) is 0 Å². The molecule has 10 heteroatoms. The van der Waals surface area contributed by atoms with Gasteiger partial charge in [-0.15, -0.1) is 0 Å². The van der Waals surface area contributed by atoms with E-state index in [2.05, 4.69) is 14.7 Å². The Kier molecular flexibility index (Phi) is 7.33. The van der Waals surface area contributed by atoms with Crippen molar-refractivity contribution in [2.24, 2.45) is 5.16 Å². The van der Waals surface area contributed by atoms with E-state index in [4.69, 9.17) is 21.1 Å². The highest BCUT2D eigenvalue weighted by Crippen LogP contribution is 2.37. The molecule has 0 spiro atoms. The smallest absolute Gasteiger partial charge is 0.416 e. The first-order chi connectivity index (χ1) is 13.7. The van der Waals surface area contributed by atoms with Gasteiger partial charge in [0.2, 0.25) is 0 Å². The quantitative estimate of drug-likeness (QED) is 0.348. The van der Waals surface area contributed by atoms with Crippen LogP contribution in [0.5, 0.6) is 17.2 Å². The zero-order chi connectivity index (χ0) is 21.6. The fourth-order valence-electron chi connectivity index (χ4n) is 2.19. The number of halogens is 4. The van der Waals surface area contributed by atoms with E-state index in [1.54, 1.807) is 6.07 Å². The second-order valence-electron chi connectivity index (χ2n) is 5.64. The molecule has 156 valence electrons. The monoisotopic (exact) mass is 431 g/mol. The SMILES string of the molecule is CO/N=C/c1ccc(Oc2ccc(C(F)(F)F)cc2Cl)cc1OC(C)C(=O)OC. The summed E-state index contributed by atoms with van der Waals surface area (Å²) in [7, 11) is 2.58. The van der Waals surface area contributed by atoms with Crippen LogP contribution in [0.15, 0.2) is 41.6 Å². The number of alkyl halides is 3. The summed E-state index contributed by atoms with van der Waals surface area (Å²) in [6.07, 6.45) is -4.09. The van der Waals surface area contributed by atoms with Crippen molar-refractivity contribution in [1.29, 1.82) is 0 Å². The molecule has 0 amide bonds. The van der Waals surface area contributed by atoms with Gasteiger partial charge in [0.05, 0.1) is 23.9 Å². The lowest BCUT2D eigenvalue weighted by Crippen LogP contribution is -2.25. The molecular formula is C19H17ClF3NO5. The standard InChI is InChI=1S/C19H17ClF3NO5/c1-11(18(25)26-2)28-17-9-14(6-4-12(17)10-24-27-3)29-16-7-5-13(8-15(16)20)19(21,22)23/h4-11H,1-3H3/b24-10+. The van der Waals surface area contributed by atoms with Crippen molar-refractivity contribution in [3.63, 3.8) is 0 Å². The maximum absolute atomic E-state index is 12.8. The van der Waals surface area contributed by atoms with E-state index in [1.807, 2.05) is 0 Å². The molecule has 0 saturated heterocycles. The van der Waals surface area contributed by atoms with Gasteiger partial charge in [0, 0.05) is 11.6 Å². The number of carbonyl (C=O) groups excluding carboxylic acids is 1. The first-order valence-corrected chi connectivity index (χ1v) is 8.53. The van der Waals surface area contributed by atoms with Gasteiger partial charge in [-0.2, -0.15) is 13.2 Å². The van der Waals surface area contributed by atoms with Crippen LogP contribution in [-0.4, -0.2) is 32.5 Å². The molecule has 2 aromatic rings. The number of benzene rings is 2. The predicted octanol–water partition coefficient (Wildman–Crippen LogP) is 5.07. The number of carbonyl (C=O) groups is 1. The van der Waals surface area contributed by atoms with Crippen LogP contribution in [0.1, 0.15) is 18.1 Å². The van der Waals surface area contributed by atoms with Gasteiger partial charge < -0.3 is 19.0 Å². The van der Waals surface area contributed by atoms with Crippen LogP contribution in [0.4, 0.5) is 13.2 Å². The highest BCUT2D eigenvalue weighted by atomic mass is 35.5. The largest absolute Gasteiger partial charge is 0.478 e. The molecule has 0 fully saturated rings. The van der Waals surface area contributed by atoms with Gasteiger partial charge in [0.1, 0.15) is 24.4 Å². The predicted molar refractivity (Wildman–Crippen MR) is 99.7 cm³/mol. The molecule has 0 aliphatic rings. The van der Waals surface area contributed by atoms with Crippen LogP contribution >= 0.6 is 11.6 Å². The third-order valence-corrected chi connectivity index (χ3v) is 3.90. The average Bonchev–Trinajstić information content (AvgIpc) is 2.67. The Labute approximate surface area is 169 Å². The van der Waals surface area contributed by atoms with Gasteiger partial charge in [-0.1, -0.05) is 16.8 Å². The fourth-order valence-corrected chi connectivity index (χ4v) is 2.41. The number of esters is 1. The first kappa shape index (κ1) is 22.4. The van der Waals surface area contributed by atoms with E-state index in [-0.39, 0.29) is 22.3 Å². The second kappa shape index (κ2) is 9.51. The lowest BCUT2D eigenvalue weighted by atomic mass is 10.2. The molecule has 2 rings (SSSR count). The summed E-state index contributed by atoms with van der Waals surface area (Å²) in [6.45, 7) is 1.49. The molecule has 1 atom stereocenters. The fraction of sp³-hybridized carbons (Fsp3) is 0.263. The van der Waals surface area contributed by atoms with Crippen molar-refractivity contribution < 1.29 is 37.0 Å². The lowest BCUT2D eigenvalue weighted by molar-refractivity contribution is -0.148. The van der Waals surface area contributed by atoms with Crippen LogP contribution in [0.3, 0.4) is 0 Å². The van der Waals surface area contributed by atoms with Crippen molar-refractivity contribution in [3.05, 3.63) is 52.5 Å². The minimum Gasteiger partial charge on any atom is -0.478 e. The van der Waals surface area contributed by atoms with Gasteiger partial charge in [0.15, 0.2) is 6.10 Å². The summed E-state index contributed by atoms with van der Waals surface area (Å²) in [6, 6.07) is 7.27. The van der Waals surface area contributed by atoms with Crippen LogP contribution < -0.4 is 9.47 Å². The van der Waals surface area contributed by atoms with Crippen LogP contribution in [0.2, 0.25) is 5.02 Å². The Morgan fingerprint density at radius 2 is 1.86 bits per heavy atom. The minimum atomic E-state index is -4.52. The molecule has 0 bridgehead atoms. The van der Waals surface area contributed by atoms with E-state index in [0.29, 0.717) is 5.56 Å². The molecule has 0 aromatic heterocycles. The highest BCUT2D eigenvalue weighted by Gasteiger charge is 2.31. The molecule has 1 unspecified atom stereocenters. The molecule has 29 heavy (non-hydrogen) atoms. The van der Waals surface area contributed by atoms with E-state index >= 15 is 0 Å². The minimum absolute atomic E-state index is 0.0185. The first-order valence-electron chi connectivity index (χ1n) is 8.15. The van der Waals surface area contributed by atoms with E-state index in [0.717, 1.165) is 18.2 Å². The molecule has 0 aliphatic heterocycles. The molecule has 0 saturated carbocycles. The van der Waals surface area contributed by atoms with Gasteiger partial charge in [-0.3, -0.25) is 0 Å². The normalized spacial score (nSPS) is 12.5. The van der Waals surface area contributed by atoms with Crippen molar-refractivity contribution in [3.8, 4) is 17.2 Å².